The lowest BCUT2D eigenvalue weighted by molar-refractivity contribution is -0.192. The van der Waals surface area contributed by atoms with Crippen molar-refractivity contribution in [2.75, 3.05) is 32.1 Å². The second-order valence-corrected chi connectivity index (χ2v) is 5.63. The van der Waals surface area contributed by atoms with Crippen LogP contribution in [0.15, 0.2) is 29.3 Å². The summed E-state index contributed by atoms with van der Waals surface area (Å²) in [5, 5.41) is 7.78. The number of hydrogen-bond acceptors (Lipinski definition) is 5. The standard InChI is InChI=1S/C13H15BrN2O2.C2HF3O2/c1-16-8-7-15-12(16)10-2-4-11(5-3-10)13(17)18-9-6-14;3-2(4,5)1(6)7/h2-5H,6-9H2,1H3;(H,6,7). The van der Waals surface area contributed by atoms with Gasteiger partial charge in [-0.15, -0.1) is 0 Å². The first-order chi connectivity index (χ1) is 11.7. The minimum absolute atomic E-state index is 0.289. The predicted octanol–water partition coefficient (Wildman–Crippen LogP) is 2.56. The van der Waals surface area contributed by atoms with Crippen LogP contribution in [-0.4, -0.2) is 66.0 Å². The topological polar surface area (TPSA) is 79.2 Å². The van der Waals surface area contributed by atoms with Crippen LogP contribution in [0.5, 0.6) is 0 Å². The Morgan fingerprint density at radius 2 is 1.88 bits per heavy atom. The van der Waals surface area contributed by atoms with Crippen molar-refractivity contribution in [1.29, 1.82) is 0 Å². The Hall–Kier alpha value is -2.10. The molecule has 0 aliphatic carbocycles. The Morgan fingerprint density at radius 3 is 2.28 bits per heavy atom. The van der Waals surface area contributed by atoms with Crippen LogP contribution >= 0.6 is 15.9 Å². The maximum Gasteiger partial charge on any atom is 0.490 e. The molecule has 0 fully saturated rings. The van der Waals surface area contributed by atoms with Crippen molar-refractivity contribution in [3.8, 4) is 0 Å². The number of carbonyl (C=O) groups excluding carboxylic acids is 1. The Morgan fingerprint density at radius 1 is 1.32 bits per heavy atom. The summed E-state index contributed by atoms with van der Waals surface area (Å²) < 4.78 is 36.8. The number of ether oxygens (including phenoxy) is 1. The highest BCUT2D eigenvalue weighted by atomic mass is 79.9. The quantitative estimate of drug-likeness (QED) is 0.593. The molecule has 1 heterocycles. The highest BCUT2D eigenvalue weighted by molar-refractivity contribution is 9.09. The summed E-state index contributed by atoms with van der Waals surface area (Å²) in [6.07, 6.45) is -5.08. The summed E-state index contributed by atoms with van der Waals surface area (Å²) in [6, 6.07) is 7.37. The third-order valence-electron chi connectivity index (χ3n) is 2.99. The summed E-state index contributed by atoms with van der Waals surface area (Å²) in [7, 11) is 2.02. The summed E-state index contributed by atoms with van der Waals surface area (Å²) in [6.45, 7) is 2.17. The van der Waals surface area contributed by atoms with Gasteiger partial charge in [0.1, 0.15) is 12.4 Å². The van der Waals surface area contributed by atoms with Gasteiger partial charge in [0.15, 0.2) is 0 Å². The number of benzene rings is 1. The van der Waals surface area contributed by atoms with Crippen LogP contribution in [0, 0.1) is 0 Å². The monoisotopic (exact) mass is 424 g/mol. The number of alkyl halides is 4. The maximum atomic E-state index is 11.6. The number of aliphatic carboxylic acids is 1. The van der Waals surface area contributed by atoms with E-state index >= 15 is 0 Å². The van der Waals surface area contributed by atoms with E-state index in [1.54, 1.807) is 12.1 Å². The number of esters is 1. The predicted molar refractivity (Wildman–Crippen MR) is 88.2 cm³/mol. The van der Waals surface area contributed by atoms with Crippen molar-refractivity contribution in [2.45, 2.75) is 6.18 Å². The molecule has 1 aliphatic heterocycles. The van der Waals surface area contributed by atoms with Crippen molar-refractivity contribution in [2.24, 2.45) is 4.99 Å². The molecule has 1 N–H and O–H groups in total. The van der Waals surface area contributed by atoms with Gasteiger partial charge in [-0.2, -0.15) is 13.2 Å². The van der Waals surface area contributed by atoms with E-state index in [0.717, 1.165) is 24.5 Å². The lowest BCUT2D eigenvalue weighted by Crippen LogP contribution is -2.23. The molecule has 0 radical (unpaired) electrons. The second-order valence-electron chi connectivity index (χ2n) is 4.83. The minimum atomic E-state index is -5.08. The summed E-state index contributed by atoms with van der Waals surface area (Å²) >= 11 is 3.21. The average molecular weight is 425 g/mol. The van der Waals surface area contributed by atoms with Crippen LogP contribution in [0.2, 0.25) is 0 Å². The Balaban J connectivity index is 0.000000381. The third-order valence-corrected chi connectivity index (χ3v) is 3.31. The number of carboxylic acids is 1. The van der Waals surface area contributed by atoms with E-state index in [0.29, 0.717) is 17.5 Å². The Bertz CT molecular complexity index is 633. The number of rotatable bonds is 4. The molecule has 0 aromatic heterocycles. The Kier molecular flexibility index (Phi) is 7.88. The zero-order valence-corrected chi connectivity index (χ0v) is 14.8. The minimum Gasteiger partial charge on any atom is -0.475 e. The fourth-order valence-corrected chi connectivity index (χ4v) is 1.98. The fraction of sp³-hybridized carbons (Fsp3) is 0.400. The molecule has 0 saturated carbocycles. The molecule has 0 spiro atoms. The van der Waals surface area contributed by atoms with Crippen LogP contribution < -0.4 is 0 Å². The van der Waals surface area contributed by atoms with Crippen LogP contribution in [0.1, 0.15) is 15.9 Å². The van der Waals surface area contributed by atoms with Crippen LogP contribution in [0.3, 0.4) is 0 Å². The number of halogens is 4. The lowest BCUT2D eigenvalue weighted by atomic mass is 10.1. The molecule has 0 saturated heterocycles. The number of carbonyl (C=O) groups is 2. The van der Waals surface area contributed by atoms with Crippen molar-refractivity contribution < 1.29 is 32.6 Å². The van der Waals surface area contributed by atoms with Gasteiger partial charge >= 0.3 is 18.1 Å². The Labute approximate surface area is 150 Å². The molecule has 1 aromatic carbocycles. The van der Waals surface area contributed by atoms with E-state index in [-0.39, 0.29) is 5.97 Å². The van der Waals surface area contributed by atoms with Gasteiger partial charge in [-0.05, 0) is 12.1 Å². The van der Waals surface area contributed by atoms with Gasteiger partial charge in [0, 0.05) is 24.5 Å². The van der Waals surface area contributed by atoms with Gasteiger partial charge in [-0.1, -0.05) is 28.1 Å². The molecule has 0 amide bonds. The highest BCUT2D eigenvalue weighted by Crippen LogP contribution is 2.13. The summed E-state index contributed by atoms with van der Waals surface area (Å²) in [5.74, 6) is -2.06. The van der Waals surface area contributed by atoms with Crippen molar-refractivity contribution in [3.63, 3.8) is 0 Å². The molecule has 1 aliphatic rings. The number of carboxylic acid groups (broad SMARTS) is 1. The van der Waals surface area contributed by atoms with Gasteiger partial charge in [0.25, 0.3) is 0 Å². The molecular weight excluding hydrogens is 409 g/mol. The van der Waals surface area contributed by atoms with Gasteiger partial charge in [-0.3, -0.25) is 4.99 Å². The first-order valence-electron chi connectivity index (χ1n) is 7.06. The zero-order valence-electron chi connectivity index (χ0n) is 13.2. The molecule has 6 nitrogen and oxygen atoms in total. The van der Waals surface area contributed by atoms with Gasteiger partial charge in [-0.25, -0.2) is 9.59 Å². The molecule has 2 rings (SSSR count). The van der Waals surface area contributed by atoms with E-state index in [4.69, 9.17) is 14.6 Å². The fourth-order valence-electron chi connectivity index (χ4n) is 1.81. The van der Waals surface area contributed by atoms with Crippen LogP contribution in [0.25, 0.3) is 0 Å². The largest absolute Gasteiger partial charge is 0.490 e. The molecule has 0 atom stereocenters. The molecular formula is C15H16BrF3N2O4. The molecule has 10 heteroatoms. The van der Waals surface area contributed by atoms with Gasteiger partial charge < -0.3 is 14.7 Å². The third kappa shape index (κ3) is 6.73. The molecule has 25 heavy (non-hydrogen) atoms. The molecule has 0 bridgehead atoms. The van der Waals surface area contributed by atoms with Crippen molar-refractivity contribution in [3.05, 3.63) is 35.4 Å². The van der Waals surface area contributed by atoms with Gasteiger partial charge in [0.05, 0.1) is 12.1 Å². The number of hydrogen-bond donors (Lipinski definition) is 1. The van der Waals surface area contributed by atoms with E-state index in [1.807, 2.05) is 19.2 Å². The first kappa shape index (κ1) is 20.9. The second kappa shape index (κ2) is 9.40. The number of aliphatic imine (C=N–C) groups is 1. The van der Waals surface area contributed by atoms with Gasteiger partial charge in [0.2, 0.25) is 0 Å². The summed E-state index contributed by atoms with van der Waals surface area (Å²) in [4.78, 5) is 27.1. The summed E-state index contributed by atoms with van der Waals surface area (Å²) in [5.41, 5.74) is 1.60. The maximum absolute atomic E-state index is 11.6. The molecule has 138 valence electrons. The molecule has 0 unspecified atom stereocenters. The van der Waals surface area contributed by atoms with E-state index in [1.165, 1.54) is 0 Å². The lowest BCUT2D eigenvalue weighted by Gasteiger charge is -2.13. The SMILES string of the molecule is CN1CCN=C1c1ccc(C(=O)OCCBr)cc1.O=C(O)C(F)(F)F. The molecule has 1 aromatic rings. The first-order valence-corrected chi connectivity index (χ1v) is 8.18. The number of nitrogens with zero attached hydrogens (tertiary/aromatic N) is 2. The smallest absolute Gasteiger partial charge is 0.475 e. The number of likely N-dealkylation sites (N-methyl/N-ethyl adjacent to an activating group) is 1. The van der Waals surface area contributed by atoms with Crippen LogP contribution in [0.4, 0.5) is 13.2 Å². The van der Waals surface area contributed by atoms with E-state index in [9.17, 15) is 18.0 Å². The van der Waals surface area contributed by atoms with E-state index in [2.05, 4.69) is 25.8 Å². The van der Waals surface area contributed by atoms with Crippen LogP contribution in [-0.2, 0) is 9.53 Å². The normalized spacial score (nSPS) is 13.6. The number of amidine groups is 1. The van der Waals surface area contributed by atoms with Crippen molar-refractivity contribution >= 4 is 33.7 Å². The van der Waals surface area contributed by atoms with E-state index < -0.39 is 12.1 Å². The van der Waals surface area contributed by atoms with Crippen molar-refractivity contribution in [1.82, 2.24) is 4.90 Å². The highest BCUT2D eigenvalue weighted by Gasteiger charge is 2.38. The zero-order chi connectivity index (χ0) is 19.0. The average Bonchev–Trinajstić information content (AvgIpc) is 2.98.